The van der Waals surface area contributed by atoms with E-state index in [2.05, 4.69) is 20.3 Å². The van der Waals surface area contributed by atoms with E-state index in [9.17, 15) is 4.39 Å². The van der Waals surface area contributed by atoms with Crippen LogP contribution in [0.25, 0.3) is 33.4 Å². The van der Waals surface area contributed by atoms with Gasteiger partial charge in [0, 0.05) is 30.2 Å². The van der Waals surface area contributed by atoms with Crippen LogP contribution >= 0.6 is 0 Å². The van der Waals surface area contributed by atoms with E-state index < -0.39 is 11.6 Å². The van der Waals surface area contributed by atoms with E-state index in [0.29, 0.717) is 29.6 Å². The minimum absolute atomic E-state index is 0.0599. The Bertz CT molecular complexity index is 1150. The van der Waals surface area contributed by atoms with Gasteiger partial charge in [0.15, 0.2) is 0 Å². The molecule has 0 fully saturated rings. The zero-order valence-corrected chi connectivity index (χ0v) is 15.6. The molecule has 0 saturated heterocycles. The van der Waals surface area contributed by atoms with Gasteiger partial charge in [-0.3, -0.25) is 14.8 Å². The summed E-state index contributed by atoms with van der Waals surface area (Å²) >= 11 is 0. The summed E-state index contributed by atoms with van der Waals surface area (Å²) in [7, 11) is 1.81. The topological polar surface area (TPSA) is 85.4 Å². The molecular weight excluding hydrogens is 362 g/mol. The third kappa shape index (κ3) is 3.27. The number of hydrogen-bond donors (Lipinski definition) is 2. The number of benzene rings is 1. The summed E-state index contributed by atoms with van der Waals surface area (Å²) < 4.78 is 31.3. The average Bonchev–Trinajstić information content (AvgIpc) is 3.26. The van der Waals surface area contributed by atoms with Crippen LogP contribution in [-0.2, 0) is 13.5 Å². The molecule has 8 heteroatoms. The first kappa shape index (κ1) is 18.2. The van der Waals surface area contributed by atoms with Crippen molar-refractivity contribution in [3.05, 3.63) is 54.0 Å². The van der Waals surface area contributed by atoms with Gasteiger partial charge in [-0.05, 0) is 37.5 Å². The summed E-state index contributed by atoms with van der Waals surface area (Å²) in [5.41, 5.74) is 8.41. The Labute approximate surface area is 160 Å². The maximum atomic E-state index is 15.1. The van der Waals surface area contributed by atoms with Crippen molar-refractivity contribution in [3.8, 4) is 22.5 Å². The molecule has 3 aromatic heterocycles. The molecule has 0 aliphatic rings. The number of aromatic nitrogens is 5. The van der Waals surface area contributed by atoms with Crippen molar-refractivity contribution in [1.29, 1.82) is 0 Å². The molecule has 0 amide bonds. The van der Waals surface area contributed by atoms with Crippen LogP contribution in [-0.4, -0.2) is 31.0 Å². The zero-order valence-electron chi connectivity index (χ0n) is 15.6. The number of pyridine rings is 1. The Morgan fingerprint density at radius 1 is 1.25 bits per heavy atom. The molecule has 0 radical (unpaired) electrons. The zero-order chi connectivity index (χ0) is 19.8. The second-order valence-electron chi connectivity index (χ2n) is 7.00. The van der Waals surface area contributed by atoms with Crippen molar-refractivity contribution in [2.24, 2.45) is 12.8 Å². The highest BCUT2D eigenvalue weighted by atomic mass is 19.1. The summed E-state index contributed by atoms with van der Waals surface area (Å²) in [5.74, 6) is -1.25. The Kier molecular flexibility index (Phi) is 4.64. The van der Waals surface area contributed by atoms with Crippen molar-refractivity contribution in [1.82, 2.24) is 25.0 Å². The molecule has 144 valence electrons. The third-order valence-electron chi connectivity index (χ3n) is 4.72. The largest absolute Gasteiger partial charge is 0.328 e. The van der Waals surface area contributed by atoms with Gasteiger partial charge in [0.05, 0.1) is 29.2 Å². The van der Waals surface area contributed by atoms with Gasteiger partial charge in [-0.15, -0.1) is 0 Å². The molecule has 3 N–H and O–H groups in total. The van der Waals surface area contributed by atoms with Crippen LogP contribution in [0.4, 0.5) is 8.78 Å². The monoisotopic (exact) mass is 382 g/mol. The first-order valence-electron chi connectivity index (χ1n) is 9.00. The van der Waals surface area contributed by atoms with Crippen LogP contribution in [0.15, 0.2) is 36.8 Å². The molecule has 28 heavy (non-hydrogen) atoms. The number of H-pyrrole nitrogens is 1. The number of fused-ring (bicyclic) bond motifs is 1. The van der Waals surface area contributed by atoms with E-state index in [4.69, 9.17) is 5.73 Å². The SMILES string of the molecule is CC(N)CCc1ccc(F)c(-c2cc3c(-c4cnn(C)c4)n[nH]c3cn2)c1F. The number of aryl methyl sites for hydroxylation is 2. The lowest BCUT2D eigenvalue weighted by Crippen LogP contribution is -2.15. The number of rotatable bonds is 5. The Hall–Kier alpha value is -3.13. The lowest BCUT2D eigenvalue weighted by Gasteiger charge is -2.11. The highest BCUT2D eigenvalue weighted by Crippen LogP contribution is 2.32. The highest BCUT2D eigenvalue weighted by Gasteiger charge is 2.19. The summed E-state index contributed by atoms with van der Waals surface area (Å²) in [6.45, 7) is 1.86. The van der Waals surface area contributed by atoms with Crippen LogP contribution in [0.5, 0.6) is 0 Å². The standard InChI is InChI=1S/C20H20F2N6/c1-11(23)3-4-12-5-6-15(21)18(19(12)22)16-7-14-17(9-24-16)26-27-20(14)13-8-25-28(2)10-13/h5-11H,3-4,23H2,1-2H3,(H,26,27). The third-order valence-corrected chi connectivity index (χ3v) is 4.72. The molecule has 0 bridgehead atoms. The van der Waals surface area contributed by atoms with Crippen molar-refractivity contribution < 1.29 is 8.78 Å². The fourth-order valence-electron chi connectivity index (χ4n) is 3.22. The van der Waals surface area contributed by atoms with E-state index in [1.165, 1.54) is 18.3 Å². The van der Waals surface area contributed by atoms with E-state index in [1.807, 2.05) is 20.2 Å². The molecule has 4 aromatic rings. The van der Waals surface area contributed by atoms with Crippen LogP contribution in [0, 0.1) is 11.6 Å². The fraction of sp³-hybridized carbons (Fsp3) is 0.250. The molecular formula is C20H20F2N6. The Morgan fingerprint density at radius 2 is 2.07 bits per heavy atom. The first-order valence-corrected chi connectivity index (χ1v) is 9.00. The molecule has 0 aliphatic carbocycles. The molecule has 6 nitrogen and oxygen atoms in total. The van der Waals surface area contributed by atoms with Gasteiger partial charge < -0.3 is 5.73 Å². The lowest BCUT2D eigenvalue weighted by atomic mass is 10.00. The Balaban J connectivity index is 1.82. The van der Waals surface area contributed by atoms with Crippen molar-refractivity contribution in [2.75, 3.05) is 0 Å². The maximum absolute atomic E-state index is 15.1. The number of hydrogen-bond acceptors (Lipinski definition) is 4. The van der Waals surface area contributed by atoms with Gasteiger partial charge >= 0.3 is 0 Å². The molecule has 4 rings (SSSR count). The summed E-state index contributed by atoms with van der Waals surface area (Å²) in [6.07, 6.45) is 6.09. The van der Waals surface area contributed by atoms with Crippen molar-refractivity contribution in [3.63, 3.8) is 0 Å². The van der Waals surface area contributed by atoms with Gasteiger partial charge in [0.1, 0.15) is 17.3 Å². The van der Waals surface area contributed by atoms with Crippen LogP contribution < -0.4 is 5.73 Å². The predicted octanol–water partition coefficient (Wildman–Crippen LogP) is 3.58. The number of aromatic amines is 1. The fourth-order valence-corrected chi connectivity index (χ4v) is 3.22. The number of halogens is 2. The molecule has 1 atom stereocenters. The van der Waals surface area contributed by atoms with Gasteiger partial charge in [0.25, 0.3) is 0 Å². The second-order valence-corrected chi connectivity index (χ2v) is 7.00. The molecule has 1 unspecified atom stereocenters. The molecule has 1 aromatic carbocycles. The van der Waals surface area contributed by atoms with Gasteiger partial charge in [0.2, 0.25) is 0 Å². The predicted molar refractivity (Wildman–Crippen MR) is 103 cm³/mol. The van der Waals surface area contributed by atoms with Gasteiger partial charge in [-0.2, -0.15) is 10.2 Å². The highest BCUT2D eigenvalue weighted by molar-refractivity contribution is 5.94. The lowest BCUT2D eigenvalue weighted by molar-refractivity contribution is 0.567. The number of nitrogens with two attached hydrogens (primary N) is 1. The first-order chi connectivity index (χ1) is 13.4. The quantitative estimate of drug-likeness (QED) is 0.552. The van der Waals surface area contributed by atoms with Crippen LogP contribution in [0.2, 0.25) is 0 Å². The molecule has 0 saturated carbocycles. The normalized spacial score (nSPS) is 12.6. The van der Waals surface area contributed by atoms with Crippen molar-refractivity contribution in [2.45, 2.75) is 25.8 Å². The summed E-state index contributed by atoms with van der Waals surface area (Å²) in [4.78, 5) is 4.25. The van der Waals surface area contributed by atoms with E-state index in [0.717, 1.165) is 10.9 Å². The van der Waals surface area contributed by atoms with E-state index in [-0.39, 0.29) is 17.3 Å². The minimum atomic E-state index is -0.652. The smallest absolute Gasteiger partial charge is 0.138 e. The molecule has 3 heterocycles. The second kappa shape index (κ2) is 7.12. The van der Waals surface area contributed by atoms with E-state index in [1.54, 1.807) is 16.9 Å². The van der Waals surface area contributed by atoms with Gasteiger partial charge in [-0.25, -0.2) is 8.78 Å². The summed E-state index contributed by atoms with van der Waals surface area (Å²) in [6, 6.07) is 4.33. The average molecular weight is 382 g/mol. The Morgan fingerprint density at radius 3 is 2.79 bits per heavy atom. The molecule has 0 aliphatic heterocycles. The maximum Gasteiger partial charge on any atom is 0.138 e. The van der Waals surface area contributed by atoms with E-state index >= 15 is 4.39 Å². The summed E-state index contributed by atoms with van der Waals surface area (Å²) in [5, 5.41) is 12.1. The number of nitrogens with one attached hydrogen (secondary N) is 1. The van der Waals surface area contributed by atoms with Crippen LogP contribution in [0.3, 0.4) is 0 Å². The van der Waals surface area contributed by atoms with Crippen molar-refractivity contribution >= 4 is 10.9 Å². The molecule has 0 spiro atoms. The van der Waals surface area contributed by atoms with Gasteiger partial charge in [-0.1, -0.05) is 6.07 Å². The van der Waals surface area contributed by atoms with Crippen LogP contribution in [0.1, 0.15) is 18.9 Å². The minimum Gasteiger partial charge on any atom is -0.328 e. The number of nitrogens with zero attached hydrogens (tertiary/aromatic N) is 4.